The zero-order valence-electron chi connectivity index (χ0n) is 73.0. The lowest BCUT2D eigenvalue weighted by Gasteiger charge is -2.33. The van der Waals surface area contributed by atoms with E-state index in [9.17, 15) is 84.9 Å². The summed E-state index contributed by atoms with van der Waals surface area (Å²) >= 11 is 0.926. The number of aromatic amines is 3. The van der Waals surface area contributed by atoms with Crippen molar-refractivity contribution < 1.29 is 103 Å². The molecule has 3 heterocycles. The van der Waals surface area contributed by atoms with Crippen LogP contribution >= 0.6 is 24.5 Å². The number of aromatic nitrogens is 6. The van der Waals surface area contributed by atoms with E-state index in [0.29, 0.717) is 96.5 Å². The van der Waals surface area contributed by atoms with Gasteiger partial charge in [-0.1, -0.05) is 43.4 Å². The van der Waals surface area contributed by atoms with E-state index in [1.54, 1.807) is 146 Å². The average molecular weight is 1880 g/mol. The summed E-state index contributed by atoms with van der Waals surface area (Å²) in [6, 6.07) is 36.0. The SMILES string of the molecule is C.C.CC(=O)[C@@H](CC(N)=O)NC(=O)C(C)(C)c1cc(-c2nc3ccc(C(=N)N)cc3[nH]2)c(O)c(-c2cc(OOSN)ccc2O)c1.CC[C@@H](O)C(=O)NCc1ccc(O)c(-c2cc(C(C)(C)C(N)=O)cc(-c3nc4ccc(C(=N)N)cc4[nH]3)c2O)c1.CC[C@H](O)[C@H](O)[C@@H](O)[C@H](O)CN(C)C(=O)C(C)(C)c1cc(-c2nc3ccc(C(=N)N)cc3[nH]2)c(O)c(-c2cc(OOSN)ccc2O)c1. The zero-order valence-corrected chi connectivity index (χ0v) is 74.6. The van der Waals surface area contributed by atoms with Gasteiger partial charge in [-0.15, -0.1) is 0 Å². The molecule has 134 heavy (non-hydrogen) atoms. The fourth-order valence-electron chi connectivity index (χ4n) is 14.0. The Labute approximate surface area is 777 Å². The number of Topliss-reactive ketones (excluding diaryl/α,β-unsaturated/α-hetero) is 1. The van der Waals surface area contributed by atoms with E-state index in [1.807, 2.05) is 0 Å². The van der Waals surface area contributed by atoms with E-state index in [1.165, 1.54) is 73.5 Å². The Bertz CT molecular complexity index is 6440. The summed E-state index contributed by atoms with van der Waals surface area (Å²) in [5, 5.41) is 157. The van der Waals surface area contributed by atoms with Gasteiger partial charge in [0, 0.05) is 70.2 Å². The third kappa shape index (κ3) is 23.5. The number of likely N-dealkylation sites (N-methyl/N-ethyl adjacent to an activating group) is 1. The molecule has 0 spiro atoms. The molecule has 712 valence electrons. The smallest absolute Gasteiger partial charge is 0.249 e. The number of amidine groups is 3. The topological polar surface area (TPSA) is 729 Å². The van der Waals surface area contributed by atoms with Crippen LogP contribution in [0.15, 0.2) is 146 Å². The van der Waals surface area contributed by atoms with Crippen LogP contribution in [0.4, 0.5) is 0 Å². The number of fused-ring (bicyclic) bond motifs is 3. The second kappa shape index (κ2) is 43.7. The molecule has 0 saturated heterocycles. The molecule has 0 saturated carbocycles. The number of hydrogen-bond donors (Lipinski definition) is 26. The first-order valence-electron chi connectivity index (χ1n) is 40.5. The molecule has 0 aliphatic rings. The molecule has 0 bridgehead atoms. The summed E-state index contributed by atoms with van der Waals surface area (Å²) in [5.74, 6) is -4.26. The van der Waals surface area contributed by atoms with Crippen molar-refractivity contribution in [1.29, 1.82) is 16.2 Å². The van der Waals surface area contributed by atoms with Gasteiger partial charge in [-0.2, -0.15) is 0 Å². The second-order valence-corrected chi connectivity index (χ2v) is 33.2. The van der Waals surface area contributed by atoms with Gasteiger partial charge in [-0.25, -0.2) is 15.0 Å². The van der Waals surface area contributed by atoms with Crippen LogP contribution in [-0.2, 0) is 60.2 Å². The number of aliphatic hydroxyl groups excluding tert-OH is 5. The number of aliphatic hydroxyl groups is 5. The number of phenolic OH excluding ortho intramolecular Hbond substituents is 6. The lowest BCUT2D eigenvalue weighted by atomic mass is 9.80. The number of aromatic hydroxyl groups is 6. The van der Waals surface area contributed by atoms with Crippen LogP contribution in [0, 0.1) is 16.2 Å². The molecule has 12 aromatic rings. The standard InChI is InChI=1S/C32H40N6O9S.C29H31N7O7S.C29H32N6O5.2CH4/c1-5-23(39)27(43)28(44)25(41)14-38(4)31(45)32(2,3)16-11-19(18-13-17(46-47-48-35)7-9-24(18)40)26(42)20(12-16)30-36-21-8-6-15(29(33)34)10-22(21)37-30;1-13(37)21(12-24(30)39)36-28(41)29(2,3)15-9-18(17-11-16(42-43-44-33)5-7-23(17)38)25(40)19(10-15)27-34-20-6-4-14(26(31)32)8-22(20)35-27;1-4-22(36)27(39)33-13-14-5-8-23(37)17(9-14)18-11-16(29(2,3)28(32)40)12-19(24(18)38)26-34-20-7-6-15(25(30)31)10-21(20)35-26;;/h6-13,23,25,27-28,39-44H,5,14,35H2,1-4H3,(H3,33,34)(H,36,37);4-11,21,38,40H,12,33H2,1-3H3,(H2,30,39)(H3,31,32)(H,34,35)(H,36,41);5-12,22,36-38H,4,13H2,1-3H3,(H3,30,31)(H2,32,40)(H,33,39)(H,34,35);2*1H4/t23-,25+,27-,28-;21-;22-;;/m011../s1. The summed E-state index contributed by atoms with van der Waals surface area (Å²) < 4.78 is 9.47. The molecule has 3 aromatic heterocycles. The van der Waals surface area contributed by atoms with Crippen molar-refractivity contribution in [2.45, 2.75) is 156 Å². The Morgan fingerprint density at radius 2 is 0.843 bits per heavy atom. The fraction of sp³-hybridized carbons (Fsp3) is 0.283. The monoisotopic (exact) mass is 1880 g/mol. The Morgan fingerprint density at radius 1 is 0.478 bits per heavy atom. The molecule has 40 nitrogen and oxygen atoms in total. The van der Waals surface area contributed by atoms with Crippen LogP contribution in [0.25, 0.3) is 101 Å². The summed E-state index contributed by atoms with van der Waals surface area (Å²) in [7, 11) is 1.42. The third-order valence-corrected chi connectivity index (χ3v) is 22.6. The summed E-state index contributed by atoms with van der Waals surface area (Å²) in [5.41, 5.74) is 32.0. The van der Waals surface area contributed by atoms with E-state index >= 15 is 0 Å². The van der Waals surface area contributed by atoms with Crippen LogP contribution in [0.1, 0.15) is 135 Å². The number of nitrogens with one attached hydrogen (secondary N) is 8. The number of benzene rings is 9. The van der Waals surface area contributed by atoms with Gasteiger partial charge in [0.2, 0.25) is 29.5 Å². The van der Waals surface area contributed by atoms with Crippen LogP contribution in [0.5, 0.6) is 46.0 Å². The van der Waals surface area contributed by atoms with Crippen LogP contribution < -0.4 is 59.4 Å². The van der Waals surface area contributed by atoms with Crippen molar-refractivity contribution in [3.05, 3.63) is 185 Å². The van der Waals surface area contributed by atoms with E-state index in [-0.39, 0.29) is 178 Å². The van der Waals surface area contributed by atoms with Gasteiger partial charge in [-0.05, 0) is 223 Å². The number of nitrogen functional groups attached to an aromatic ring is 3. The molecule has 42 heteroatoms. The second-order valence-electron chi connectivity index (χ2n) is 32.6. The normalized spacial score (nSPS) is 12.8. The van der Waals surface area contributed by atoms with Gasteiger partial charge < -0.3 is 125 Å². The minimum Gasteiger partial charge on any atom is -0.507 e. The van der Waals surface area contributed by atoms with Gasteiger partial charge in [-0.3, -0.25) is 55.3 Å². The first kappa shape index (κ1) is 105. The van der Waals surface area contributed by atoms with Crippen molar-refractivity contribution in [3.63, 3.8) is 0 Å². The number of rotatable bonds is 35. The number of nitrogens with zero attached hydrogens (tertiary/aromatic N) is 4. The lowest BCUT2D eigenvalue weighted by molar-refractivity contribution is -0.141. The number of H-pyrrole nitrogens is 3. The highest BCUT2D eigenvalue weighted by Crippen LogP contribution is 2.50. The van der Waals surface area contributed by atoms with Crippen molar-refractivity contribution in [2.24, 2.45) is 38.9 Å². The molecule has 0 fully saturated rings. The highest BCUT2D eigenvalue weighted by Gasteiger charge is 2.40. The zero-order chi connectivity index (χ0) is 97.2. The molecule has 5 amide bonds. The van der Waals surface area contributed by atoms with E-state index < -0.39 is 88.1 Å². The largest absolute Gasteiger partial charge is 0.507 e. The van der Waals surface area contributed by atoms with Gasteiger partial charge >= 0.3 is 0 Å². The first-order chi connectivity index (χ1) is 62.1. The van der Waals surface area contributed by atoms with Gasteiger partial charge in [0.05, 0.1) is 84.6 Å². The first-order valence-corrected chi connectivity index (χ1v) is 42.2. The van der Waals surface area contributed by atoms with Crippen molar-refractivity contribution in [1.82, 2.24) is 45.4 Å². The minimum atomic E-state index is -1.72. The molecule has 9 aromatic carbocycles. The molecule has 12 rings (SSSR count). The summed E-state index contributed by atoms with van der Waals surface area (Å²) in [6.07, 6.45) is -7.30. The van der Waals surface area contributed by atoms with Crippen molar-refractivity contribution >= 4 is 110 Å². The Morgan fingerprint density at radius 3 is 1.20 bits per heavy atom. The Balaban J connectivity index is 0.000000246. The predicted molar refractivity (Wildman–Crippen MR) is 509 cm³/mol. The van der Waals surface area contributed by atoms with Crippen LogP contribution in [0.3, 0.4) is 0 Å². The highest BCUT2D eigenvalue weighted by molar-refractivity contribution is 7.92. The van der Waals surface area contributed by atoms with Crippen molar-refractivity contribution in [2.75, 3.05) is 13.6 Å². The maximum absolute atomic E-state index is 13.9. The van der Waals surface area contributed by atoms with Crippen molar-refractivity contribution in [3.8, 4) is 114 Å². The van der Waals surface area contributed by atoms with E-state index in [2.05, 4.69) is 40.5 Å². The minimum absolute atomic E-state index is 0. The van der Waals surface area contributed by atoms with Crippen LogP contribution in [-0.4, -0.2) is 194 Å². The molecule has 6 atom stereocenters. The molecule has 0 unspecified atom stereocenters. The number of phenols is 6. The molecule has 0 radical (unpaired) electrons. The number of carbonyl (C=O) groups is 6. The Kier molecular flexibility index (Phi) is 34.2. The Hall–Kier alpha value is -14.4. The molecule has 0 aliphatic heterocycles. The predicted octanol–water partition coefficient (Wildman–Crippen LogP) is 8.68. The van der Waals surface area contributed by atoms with Gasteiger partial charge in [0.15, 0.2) is 17.3 Å². The van der Waals surface area contributed by atoms with E-state index in [0.717, 1.165) is 0 Å². The number of amides is 5. The van der Waals surface area contributed by atoms with Gasteiger partial charge in [0.1, 0.15) is 118 Å². The average Bonchev–Trinajstić information content (AvgIpc) is 1.47. The number of hydrogen-bond acceptors (Lipinski definition) is 31. The fourth-order valence-corrected chi connectivity index (χ4v) is 14.3. The quantitative estimate of drug-likeness (QED) is 0.00441. The number of primary amides is 2. The van der Waals surface area contributed by atoms with Crippen LogP contribution in [0.2, 0.25) is 0 Å². The molecular formula is C92H111N19O21S2. The molecular weight excluding hydrogens is 1770 g/mol. The third-order valence-electron chi connectivity index (χ3n) is 22.3. The van der Waals surface area contributed by atoms with E-state index in [4.69, 9.17) is 73.6 Å². The maximum Gasteiger partial charge on any atom is 0.249 e. The summed E-state index contributed by atoms with van der Waals surface area (Å²) in [6.45, 7) is 13.9. The molecule has 33 N–H and O–H groups in total. The number of imidazole rings is 3. The number of nitrogens with two attached hydrogens (primary N) is 7. The highest BCUT2D eigenvalue weighted by atomic mass is 32.2. The van der Waals surface area contributed by atoms with Gasteiger partial charge in [0.25, 0.3) is 0 Å². The number of carbonyl (C=O) groups excluding carboxylic acids is 6. The lowest BCUT2D eigenvalue weighted by Crippen LogP contribution is -2.51. The summed E-state index contributed by atoms with van der Waals surface area (Å²) in [4.78, 5) is 110. The maximum atomic E-state index is 13.9. The molecule has 0 aliphatic carbocycles. The number of ketones is 1.